The van der Waals surface area contributed by atoms with E-state index >= 15 is 0 Å². The summed E-state index contributed by atoms with van der Waals surface area (Å²) < 4.78 is 8.38. The third kappa shape index (κ3) is 3.19. The van der Waals surface area contributed by atoms with Crippen LogP contribution in [0.25, 0.3) is 22.2 Å². The molecule has 3 aromatic heterocycles. The smallest absolute Gasteiger partial charge is 0.410 e. The molecule has 1 amide bonds. The molecule has 1 aliphatic rings. The molecule has 0 unspecified atom stereocenters. The van der Waals surface area contributed by atoms with Crippen molar-refractivity contribution in [1.29, 1.82) is 0 Å². The molecule has 4 rings (SSSR count). The number of aryl methyl sites for hydroxylation is 1. The summed E-state index contributed by atoms with van der Waals surface area (Å²) in [7, 11) is 0. The average molecular weight is 446 g/mol. The lowest BCUT2D eigenvalue weighted by atomic mass is 10.0. The van der Waals surface area contributed by atoms with Gasteiger partial charge in [-0.05, 0) is 67.7 Å². The number of halogens is 1. The SMILES string of the molecule is Cc1c[nH]c2nccc(-c3c(Br)nn4c3CN(C(=O)OC(C)(C)C)[C@@H](C)C4)c12. The molecule has 0 aromatic carbocycles. The second kappa shape index (κ2) is 6.62. The number of pyridine rings is 1. The summed E-state index contributed by atoms with van der Waals surface area (Å²) in [6.45, 7) is 10.8. The zero-order valence-corrected chi connectivity index (χ0v) is 18.3. The van der Waals surface area contributed by atoms with Gasteiger partial charge in [0.1, 0.15) is 15.9 Å². The van der Waals surface area contributed by atoms with E-state index in [0.29, 0.717) is 13.1 Å². The van der Waals surface area contributed by atoms with Gasteiger partial charge in [-0.15, -0.1) is 0 Å². The van der Waals surface area contributed by atoms with Gasteiger partial charge in [-0.2, -0.15) is 5.10 Å². The van der Waals surface area contributed by atoms with E-state index in [2.05, 4.69) is 32.8 Å². The molecule has 4 heterocycles. The predicted octanol–water partition coefficient (Wildman–Crippen LogP) is 4.64. The number of nitrogens with zero attached hydrogens (tertiary/aromatic N) is 4. The lowest BCUT2D eigenvalue weighted by Gasteiger charge is -2.35. The van der Waals surface area contributed by atoms with E-state index in [-0.39, 0.29) is 12.1 Å². The average Bonchev–Trinajstić information content (AvgIpc) is 3.12. The lowest BCUT2D eigenvalue weighted by molar-refractivity contribution is 0.00913. The van der Waals surface area contributed by atoms with Gasteiger partial charge in [0.05, 0.1) is 24.8 Å². The van der Waals surface area contributed by atoms with Crippen LogP contribution in [0.1, 0.15) is 39.0 Å². The van der Waals surface area contributed by atoms with Gasteiger partial charge in [-0.1, -0.05) is 0 Å². The summed E-state index contributed by atoms with van der Waals surface area (Å²) in [5.41, 5.74) is 4.47. The van der Waals surface area contributed by atoms with Crippen molar-refractivity contribution in [2.24, 2.45) is 0 Å². The van der Waals surface area contributed by atoms with Crippen LogP contribution >= 0.6 is 15.9 Å². The van der Waals surface area contributed by atoms with Gasteiger partial charge >= 0.3 is 6.09 Å². The molecule has 7 nitrogen and oxygen atoms in total. The largest absolute Gasteiger partial charge is 0.444 e. The Hall–Kier alpha value is -2.35. The molecule has 148 valence electrons. The van der Waals surface area contributed by atoms with Gasteiger partial charge in [0.15, 0.2) is 0 Å². The maximum atomic E-state index is 12.8. The normalized spacial score (nSPS) is 17.1. The molecule has 28 heavy (non-hydrogen) atoms. The van der Waals surface area contributed by atoms with Crippen molar-refractivity contribution in [3.05, 3.63) is 34.3 Å². The van der Waals surface area contributed by atoms with Gasteiger partial charge in [-0.25, -0.2) is 9.78 Å². The maximum absolute atomic E-state index is 12.8. The number of aromatic nitrogens is 4. The highest BCUT2D eigenvalue weighted by molar-refractivity contribution is 9.10. The number of hydrogen-bond acceptors (Lipinski definition) is 4. The van der Waals surface area contributed by atoms with Crippen LogP contribution in [-0.4, -0.2) is 42.4 Å². The number of rotatable bonds is 1. The van der Waals surface area contributed by atoms with Gasteiger partial charge in [0.25, 0.3) is 0 Å². The van der Waals surface area contributed by atoms with Crippen LogP contribution in [-0.2, 0) is 17.8 Å². The van der Waals surface area contributed by atoms with E-state index in [1.54, 1.807) is 11.1 Å². The first-order valence-electron chi connectivity index (χ1n) is 9.33. The highest BCUT2D eigenvalue weighted by Gasteiger charge is 2.34. The van der Waals surface area contributed by atoms with Crippen molar-refractivity contribution >= 4 is 33.1 Å². The number of carbonyl (C=O) groups is 1. The monoisotopic (exact) mass is 445 g/mol. The number of carbonyl (C=O) groups excluding carboxylic acids is 1. The molecule has 0 radical (unpaired) electrons. The first-order valence-corrected chi connectivity index (χ1v) is 10.1. The minimum absolute atomic E-state index is 0.00606. The molecule has 8 heteroatoms. The first kappa shape index (κ1) is 19.0. The third-order valence-electron chi connectivity index (χ3n) is 4.97. The van der Waals surface area contributed by atoms with Gasteiger partial charge in [-0.3, -0.25) is 9.58 Å². The van der Waals surface area contributed by atoms with Crippen LogP contribution in [0.5, 0.6) is 0 Å². The Kier molecular flexibility index (Phi) is 4.49. The third-order valence-corrected chi connectivity index (χ3v) is 5.53. The van der Waals surface area contributed by atoms with Crippen molar-refractivity contribution in [2.45, 2.75) is 59.4 Å². The zero-order chi connectivity index (χ0) is 20.2. The minimum atomic E-state index is -0.530. The maximum Gasteiger partial charge on any atom is 0.410 e. The summed E-state index contributed by atoms with van der Waals surface area (Å²) in [5.74, 6) is 0. The van der Waals surface area contributed by atoms with Gasteiger partial charge < -0.3 is 9.72 Å². The highest BCUT2D eigenvalue weighted by Crippen LogP contribution is 2.39. The molecule has 0 spiro atoms. The highest BCUT2D eigenvalue weighted by atomic mass is 79.9. The first-order chi connectivity index (χ1) is 13.2. The predicted molar refractivity (Wildman–Crippen MR) is 111 cm³/mol. The summed E-state index contributed by atoms with van der Waals surface area (Å²) >= 11 is 3.64. The van der Waals surface area contributed by atoms with E-state index in [1.807, 2.05) is 44.6 Å². The van der Waals surface area contributed by atoms with Crippen molar-refractivity contribution < 1.29 is 9.53 Å². The quantitative estimate of drug-likeness (QED) is 0.591. The van der Waals surface area contributed by atoms with Crippen molar-refractivity contribution in [1.82, 2.24) is 24.6 Å². The number of aromatic amines is 1. The molecule has 1 atom stereocenters. The number of H-pyrrole nitrogens is 1. The Bertz CT molecular complexity index is 1060. The number of nitrogens with one attached hydrogen (secondary N) is 1. The Morgan fingerprint density at radius 1 is 1.39 bits per heavy atom. The van der Waals surface area contributed by atoms with Crippen LogP contribution in [0, 0.1) is 6.92 Å². The van der Waals surface area contributed by atoms with E-state index in [1.165, 1.54) is 0 Å². The fourth-order valence-corrected chi connectivity index (χ4v) is 4.34. The number of amides is 1. The molecule has 1 aliphatic heterocycles. The number of hydrogen-bond donors (Lipinski definition) is 1. The molecule has 3 aromatic rings. The summed E-state index contributed by atoms with van der Waals surface area (Å²) in [6.07, 6.45) is 3.45. The van der Waals surface area contributed by atoms with Crippen molar-refractivity contribution in [3.63, 3.8) is 0 Å². The fraction of sp³-hybridized carbons (Fsp3) is 0.450. The molecule has 1 N–H and O–H groups in total. The minimum Gasteiger partial charge on any atom is -0.444 e. The second-order valence-corrected chi connectivity index (χ2v) is 9.06. The van der Waals surface area contributed by atoms with Gasteiger partial charge in [0, 0.05) is 23.3 Å². The topological polar surface area (TPSA) is 76.0 Å². The Morgan fingerprint density at radius 3 is 2.86 bits per heavy atom. The van der Waals surface area contributed by atoms with Crippen LogP contribution in [0.15, 0.2) is 23.1 Å². The van der Waals surface area contributed by atoms with Gasteiger partial charge in [0.2, 0.25) is 0 Å². The Balaban J connectivity index is 1.80. The zero-order valence-electron chi connectivity index (χ0n) is 16.7. The van der Waals surface area contributed by atoms with Crippen LogP contribution in [0.2, 0.25) is 0 Å². The summed E-state index contributed by atoms with van der Waals surface area (Å²) in [6, 6.07) is 2.00. The molecular formula is C20H24BrN5O2. The van der Waals surface area contributed by atoms with E-state index < -0.39 is 5.60 Å². The lowest BCUT2D eigenvalue weighted by Crippen LogP contribution is -2.47. The van der Waals surface area contributed by atoms with E-state index in [0.717, 1.165) is 38.0 Å². The van der Waals surface area contributed by atoms with Crippen LogP contribution < -0.4 is 0 Å². The number of ether oxygens (including phenoxy) is 1. The molecule has 0 saturated carbocycles. The molecule has 0 aliphatic carbocycles. The second-order valence-electron chi connectivity index (χ2n) is 8.31. The van der Waals surface area contributed by atoms with E-state index in [4.69, 9.17) is 9.84 Å². The number of fused-ring (bicyclic) bond motifs is 2. The van der Waals surface area contributed by atoms with Crippen LogP contribution in [0.4, 0.5) is 4.79 Å². The molecule has 0 saturated heterocycles. The Labute approximate surface area is 172 Å². The Morgan fingerprint density at radius 2 is 2.14 bits per heavy atom. The molecular weight excluding hydrogens is 422 g/mol. The summed E-state index contributed by atoms with van der Waals surface area (Å²) in [4.78, 5) is 22.2. The van der Waals surface area contributed by atoms with Crippen molar-refractivity contribution in [3.8, 4) is 11.1 Å². The van der Waals surface area contributed by atoms with Crippen molar-refractivity contribution in [2.75, 3.05) is 0 Å². The van der Waals surface area contributed by atoms with Crippen LogP contribution in [0.3, 0.4) is 0 Å². The standard InChI is InChI=1S/C20H24BrN5O2/c1-11-8-23-18-15(11)13(6-7-22-18)16-14-10-25(19(27)28-20(3,4)5)12(2)9-26(14)24-17(16)21/h6-8,12H,9-10H2,1-5H3,(H,22,23)/t12-/m0/s1. The summed E-state index contributed by atoms with van der Waals surface area (Å²) in [5, 5.41) is 5.76. The fourth-order valence-electron chi connectivity index (χ4n) is 3.70. The van der Waals surface area contributed by atoms with E-state index in [9.17, 15) is 4.79 Å². The molecule has 0 fully saturated rings. The molecule has 0 bridgehead atoms.